The number of carboxylic acids is 1. The van der Waals surface area contributed by atoms with Crippen LogP contribution in [-0.2, 0) is 6.54 Å². The van der Waals surface area contributed by atoms with Crippen molar-refractivity contribution < 1.29 is 9.90 Å². The van der Waals surface area contributed by atoms with Crippen molar-refractivity contribution in [3.63, 3.8) is 0 Å². The maximum absolute atomic E-state index is 11.2. The molecule has 1 aliphatic rings. The SMILES string of the molecule is O=C(O)c1cccn1C1CCN(Cc2csc(Br)c2)CC1. The van der Waals surface area contributed by atoms with Crippen molar-refractivity contribution in [2.45, 2.75) is 25.4 Å². The van der Waals surface area contributed by atoms with Crippen molar-refractivity contribution in [2.75, 3.05) is 13.1 Å². The molecule has 2 aromatic heterocycles. The predicted molar refractivity (Wildman–Crippen MR) is 87.0 cm³/mol. The van der Waals surface area contributed by atoms with E-state index < -0.39 is 5.97 Å². The lowest BCUT2D eigenvalue weighted by Gasteiger charge is -2.33. The third kappa shape index (κ3) is 3.39. The Labute approximate surface area is 136 Å². The topological polar surface area (TPSA) is 45.5 Å². The zero-order valence-corrected chi connectivity index (χ0v) is 13.9. The zero-order valence-electron chi connectivity index (χ0n) is 11.5. The first-order valence-corrected chi connectivity index (χ1v) is 8.66. The number of carbonyl (C=O) groups is 1. The van der Waals surface area contributed by atoms with Crippen LogP contribution >= 0.6 is 27.3 Å². The van der Waals surface area contributed by atoms with Crippen molar-refractivity contribution in [3.05, 3.63) is 44.8 Å². The molecule has 6 heteroatoms. The molecular weight excluding hydrogens is 352 g/mol. The van der Waals surface area contributed by atoms with Crippen molar-refractivity contribution in [1.29, 1.82) is 0 Å². The van der Waals surface area contributed by atoms with Gasteiger partial charge in [-0.3, -0.25) is 4.90 Å². The molecule has 21 heavy (non-hydrogen) atoms. The maximum atomic E-state index is 11.2. The van der Waals surface area contributed by atoms with Crippen LogP contribution in [0.4, 0.5) is 0 Å². The van der Waals surface area contributed by atoms with Gasteiger partial charge in [-0.25, -0.2) is 4.79 Å². The molecule has 0 aliphatic carbocycles. The number of hydrogen-bond donors (Lipinski definition) is 1. The average molecular weight is 369 g/mol. The van der Waals surface area contributed by atoms with Crippen LogP contribution in [0, 0.1) is 0 Å². The number of rotatable bonds is 4. The quantitative estimate of drug-likeness (QED) is 0.891. The zero-order chi connectivity index (χ0) is 14.8. The number of piperidine rings is 1. The number of hydrogen-bond acceptors (Lipinski definition) is 3. The Bertz CT molecular complexity index is 629. The number of likely N-dealkylation sites (tertiary alicyclic amines) is 1. The van der Waals surface area contributed by atoms with E-state index in [1.807, 2.05) is 16.8 Å². The van der Waals surface area contributed by atoms with Crippen LogP contribution in [-0.4, -0.2) is 33.6 Å². The maximum Gasteiger partial charge on any atom is 0.352 e. The van der Waals surface area contributed by atoms with Crippen LogP contribution in [0.1, 0.15) is 34.9 Å². The highest BCUT2D eigenvalue weighted by atomic mass is 79.9. The number of nitrogens with zero attached hydrogens (tertiary/aromatic N) is 2. The molecule has 0 unspecified atom stereocenters. The third-order valence-electron chi connectivity index (χ3n) is 3.98. The minimum absolute atomic E-state index is 0.302. The van der Waals surface area contributed by atoms with E-state index in [-0.39, 0.29) is 0 Å². The average Bonchev–Trinajstić information content (AvgIpc) is 3.09. The fourth-order valence-electron chi connectivity index (χ4n) is 2.94. The highest BCUT2D eigenvalue weighted by Crippen LogP contribution is 2.27. The molecule has 1 aliphatic heterocycles. The summed E-state index contributed by atoms with van der Waals surface area (Å²) in [4.78, 5) is 13.6. The van der Waals surface area contributed by atoms with E-state index in [1.165, 1.54) is 9.35 Å². The van der Waals surface area contributed by atoms with Crippen molar-refractivity contribution in [1.82, 2.24) is 9.47 Å². The van der Waals surface area contributed by atoms with E-state index in [2.05, 4.69) is 32.3 Å². The van der Waals surface area contributed by atoms with Crippen LogP contribution in [0.3, 0.4) is 0 Å². The minimum Gasteiger partial charge on any atom is -0.477 e. The van der Waals surface area contributed by atoms with Gasteiger partial charge in [0.2, 0.25) is 0 Å². The lowest BCUT2D eigenvalue weighted by Crippen LogP contribution is -2.34. The van der Waals surface area contributed by atoms with Gasteiger partial charge in [-0.2, -0.15) is 0 Å². The van der Waals surface area contributed by atoms with Gasteiger partial charge in [0.05, 0.1) is 3.79 Å². The van der Waals surface area contributed by atoms with Crippen LogP contribution in [0.15, 0.2) is 33.6 Å². The first-order chi connectivity index (χ1) is 10.1. The van der Waals surface area contributed by atoms with Gasteiger partial charge in [0.25, 0.3) is 0 Å². The van der Waals surface area contributed by atoms with Gasteiger partial charge < -0.3 is 9.67 Å². The van der Waals surface area contributed by atoms with Gasteiger partial charge in [-0.15, -0.1) is 11.3 Å². The molecule has 0 atom stereocenters. The standard InChI is InChI=1S/C15H17BrN2O2S/c16-14-8-11(10-21-14)9-17-6-3-12(4-7-17)18-5-1-2-13(18)15(19)20/h1-2,5,8,10,12H,3-4,6-7,9H2,(H,19,20). The van der Waals surface area contributed by atoms with Gasteiger partial charge >= 0.3 is 5.97 Å². The molecule has 0 bridgehead atoms. The van der Waals surface area contributed by atoms with E-state index in [4.69, 9.17) is 0 Å². The molecule has 1 saturated heterocycles. The molecule has 0 saturated carbocycles. The van der Waals surface area contributed by atoms with Crippen molar-refractivity contribution >= 4 is 33.2 Å². The highest BCUT2D eigenvalue weighted by Gasteiger charge is 2.23. The summed E-state index contributed by atoms with van der Waals surface area (Å²) in [6, 6.07) is 5.97. The Hall–Kier alpha value is -1.11. The molecule has 2 aromatic rings. The largest absolute Gasteiger partial charge is 0.477 e. The number of aromatic nitrogens is 1. The summed E-state index contributed by atoms with van der Waals surface area (Å²) in [5.41, 5.74) is 1.74. The van der Waals surface area contributed by atoms with Gasteiger partial charge in [-0.1, -0.05) is 0 Å². The minimum atomic E-state index is -0.842. The van der Waals surface area contributed by atoms with Gasteiger partial charge in [0.1, 0.15) is 5.69 Å². The van der Waals surface area contributed by atoms with E-state index in [0.717, 1.165) is 32.5 Å². The molecule has 3 rings (SSSR count). The molecule has 112 valence electrons. The Morgan fingerprint density at radius 3 is 2.81 bits per heavy atom. The molecule has 0 spiro atoms. The Morgan fingerprint density at radius 1 is 1.43 bits per heavy atom. The van der Waals surface area contributed by atoms with E-state index in [9.17, 15) is 9.90 Å². The van der Waals surface area contributed by atoms with Gasteiger partial charge in [0.15, 0.2) is 0 Å². The molecule has 0 amide bonds. The second-order valence-electron chi connectivity index (χ2n) is 5.37. The Kier molecular flexibility index (Phi) is 4.47. The lowest BCUT2D eigenvalue weighted by molar-refractivity contribution is 0.0678. The first-order valence-electron chi connectivity index (χ1n) is 6.99. The second-order valence-corrected chi connectivity index (χ2v) is 7.66. The first kappa shape index (κ1) is 14.8. The van der Waals surface area contributed by atoms with Crippen LogP contribution in [0.2, 0.25) is 0 Å². The normalized spacial score (nSPS) is 17.2. The van der Waals surface area contributed by atoms with E-state index >= 15 is 0 Å². The van der Waals surface area contributed by atoms with Gasteiger partial charge in [-0.05, 0) is 57.9 Å². The number of aromatic carboxylic acids is 1. The number of halogens is 1. The summed E-state index contributed by atoms with van der Waals surface area (Å²) in [5.74, 6) is -0.842. The molecule has 3 heterocycles. The van der Waals surface area contributed by atoms with E-state index in [0.29, 0.717) is 11.7 Å². The highest BCUT2D eigenvalue weighted by molar-refractivity contribution is 9.11. The molecule has 1 N–H and O–H groups in total. The molecular formula is C15H17BrN2O2S. The van der Waals surface area contributed by atoms with Gasteiger partial charge in [0, 0.05) is 31.9 Å². The summed E-state index contributed by atoms with van der Waals surface area (Å²) < 4.78 is 3.09. The molecule has 4 nitrogen and oxygen atoms in total. The van der Waals surface area contributed by atoms with Crippen LogP contribution < -0.4 is 0 Å². The van der Waals surface area contributed by atoms with E-state index in [1.54, 1.807) is 17.4 Å². The Balaban J connectivity index is 1.60. The number of carboxylic acid groups (broad SMARTS) is 1. The fraction of sp³-hybridized carbons (Fsp3) is 0.400. The van der Waals surface area contributed by atoms with Crippen molar-refractivity contribution in [3.8, 4) is 0 Å². The molecule has 0 radical (unpaired) electrons. The lowest BCUT2D eigenvalue weighted by atomic mass is 10.0. The summed E-state index contributed by atoms with van der Waals surface area (Å²) in [6.45, 7) is 3.00. The van der Waals surface area contributed by atoms with Crippen LogP contribution in [0.25, 0.3) is 0 Å². The summed E-state index contributed by atoms with van der Waals surface area (Å²) in [6.07, 6.45) is 3.89. The second kappa shape index (κ2) is 6.34. The smallest absolute Gasteiger partial charge is 0.352 e. The third-order valence-corrected chi connectivity index (χ3v) is 5.53. The summed E-state index contributed by atoms with van der Waals surface area (Å²) in [5, 5.41) is 11.4. The molecule has 0 aromatic carbocycles. The summed E-state index contributed by atoms with van der Waals surface area (Å²) in [7, 11) is 0. The van der Waals surface area contributed by atoms with Crippen molar-refractivity contribution in [2.24, 2.45) is 0 Å². The summed E-state index contributed by atoms with van der Waals surface area (Å²) >= 11 is 5.21. The van der Waals surface area contributed by atoms with Crippen LogP contribution in [0.5, 0.6) is 0 Å². The predicted octanol–water partition coefficient (Wildman–Crippen LogP) is 3.85. The molecule has 1 fully saturated rings. The number of thiophene rings is 1. The fourth-order valence-corrected chi connectivity index (χ4v) is 4.14. The Morgan fingerprint density at radius 2 is 2.19 bits per heavy atom. The monoisotopic (exact) mass is 368 g/mol.